The first-order valence-electron chi connectivity index (χ1n) is 13.2. The van der Waals surface area contributed by atoms with Crippen LogP contribution in [0.3, 0.4) is 0 Å². The van der Waals surface area contributed by atoms with Gasteiger partial charge < -0.3 is 35.4 Å². The van der Waals surface area contributed by atoms with Crippen molar-refractivity contribution in [1.29, 1.82) is 0 Å². The number of urea groups is 1. The Morgan fingerprint density at radius 3 is 2.92 bits per heavy atom. The van der Waals surface area contributed by atoms with Crippen molar-refractivity contribution in [2.24, 2.45) is 11.8 Å². The summed E-state index contributed by atoms with van der Waals surface area (Å²) >= 11 is 6.05. The summed E-state index contributed by atoms with van der Waals surface area (Å²) in [6.45, 7) is 3.33. The Balaban J connectivity index is 1.66. The quantitative estimate of drug-likeness (QED) is 0.314. The van der Waals surface area contributed by atoms with E-state index in [0.717, 1.165) is 51.7 Å². The molecule has 0 saturated carbocycles. The number of nitrogens with one attached hydrogen (secondary N) is 3. The number of carboxylic acid groups (broad SMARTS) is 1. The van der Waals surface area contributed by atoms with Gasteiger partial charge in [-0.3, -0.25) is 0 Å². The molecule has 1 aromatic carbocycles. The van der Waals surface area contributed by atoms with Crippen LogP contribution in [0.25, 0.3) is 0 Å². The molecule has 0 spiro atoms. The van der Waals surface area contributed by atoms with Gasteiger partial charge in [-0.25, -0.2) is 14.0 Å². The minimum absolute atomic E-state index is 0.00225. The van der Waals surface area contributed by atoms with Crippen LogP contribution in [0.5, 0.6) is 0 Å². The number of carbonyl (C=O) groups is 2. The molecule has 1 aromatic rings. The molecule has 4 atom stereocenters. The van der Waals surface area contributed by atoms with E-state index in [1.807, 2.05) is 7.05 Å². The van der Waals surface area contributed by atoms with E-state index >= 15 is 0 Å². The van der Waals surface area contributed by atoms with Crippen molar-refractivity contribution >= 4 is 23.7 Å². The molecule has 208 valence electrons. The summed E-state index contributed by atoms with van der Waals surface area (Å²) in [6, 6.07) is 4.61. The number of rotatable bonds is 11. The summed E-state index contributed by atoms with van der Waals surface area (Å²) < 4.78 is 26.7. The van der Waals surface area contributed by atoms with E-state index in [9.17, 15) is 14.0 Å². The van der Waals surface area contributed by atoms with Crippen LogP contribution in [-0.2, 0) is 9.47 Å². The lowest BCUT2D eigenvalue weighted by Gasteiger charge is -2.38. The van der Waals surface area contributed by atoms with Gasteiger partial charge in [0.1, 0.15) is 5.82 Å². The van der Waals surface area contributed by atoms with Crippen molar-refractivity contribution in [2.75, 3.05) is 53.0 Å². The minimum Gasteiger partial charge on any atom is -0.465 e. The van der Waals surface area contributed by atoms with Crippen LogP contribution in [-0.4, -0.2) is 81.2 Å². The number of hydrogen-bond donors (Lipinski definition) is 4. The topological polar surface area (TPSA) is 112 Å². The molecule has 4 N–H and O–H groups in total. The van der Waals surface area contributed by atoms with Crippen LogP contribution in [0.15, 0.2) is 18.2 Å². The Morgan fingerprint density at radius 2 is 2.14 bits per heavy atom. The van der Waals surface area contributed by atoms with E-state index in [2.05, 4.69) is 16.0 Å². The Bertz CT molecular complexity index is 871. The number of amides is 3. The lowest BCUT2D eigenvalue weighted by Crippen LogP contribution is -2.52. The standard InChI is InChI=1S/C26H40ClFN4O5/c1-29-15-20(14-18-6-2-3-12-36-17-18)31-25(33)32-11-5-7-19(16-32)24(37-13-10-30-26(34)35)21-8-4-9-22(27)23(21)28/h4,8-9,18-20,24,29-30H,2-3,5-7,10-17H2,1H3,(H,31,33)(H,34,35)/t18-,19-,20+,24-/m1/s1. The molecule has 0 unspecified atom stereocenters. The van der Waals surface area contributed by atoms with E-state index in [1.54, 1.807) is 17.0 Å². The Morgan fingerprint density at radius 1 is 1.30 bits per heavy atom. The Hall–Kier alpha value is -2.14. The molecule has 0 bridgehead atoms. The molecule has 3 rings (SSSR count). The molecule has 0 radical (unpaired) electrons. The molecule has 37 heavy (non-hydrogen) atoms. The molecule has 11 heteroatoms. The third-order valence-corrected chi connectivity index (χ3v) is 7.33. The summed E-state index contributed by atoms with van der Waals surface area (Å²) in [6.07, 6.45) is 3.84. The van der Waals surface area contributed by atoms with Gasteiger partial charge in [-0.15, -0.1) is 0 Å². The number of likely N-dealkylation sites (tertiary alicyclic amines) is 1. The number of likely N-dealkylation sites (N-methyl/N-ethyl adjacent to an activating group) is 1. The summed E-state index contributed by atoms with van der Waals surface area (Å²) in [5.41, 5.74) is 0.316. The number of halogens is 2. The maximum Gasteiger partial charge on any atom is 0.404 e. The van der Waals surface area contributed by atoms with E-state index < -0.39 is 18.0 Å². The lowest BCUT2D eigenvalue weighted by molar-refractivity contribution is -0.0105. The van der Waals surface area contributed by atoms with E-state index in [4.69, 9.17) is 26.2 Å². The van der Waals surface area contributed by atoms with Gasteiger partial charge in [-0.1, -0.05) is 30.2 Å². The number of ether oxygens (including phenoxy) is 2. The van der Waals surface area contributed by atoms with Crippen molar-refractivity contribution in [3.8, 4) is 0 Å². The van der Waals surface area contributed by atoms with Gasteiger partial charge >= 0.3 is 12.1 Å². The fraction of sp³-hybridized carbons (Fsp3) is 0.692. The van der Waals surface area contributed by atoms with Gasteiger partial charge in [0.2, 0.25) is 0 Å². The average Bonchev–Trinajstić information content (AvgIpc) is 3.15. The normalized spacial score (nSPS) is 22.1. The van der Waals surface area contributed by atoms with Crippen LogP contribution in [0.2, 0.25) is 5.02 Å². The smallest absolute Gasteiger partial charge is 0.404 e. The predicted molar refractivity (Wildman–Crippen MR) is 139 cm³/mol. The zero-order valence-corrected chi connectivity index (χ0v) is 22.3. The molecule has 2 aliphatic rings. The number of carbonyl (C=O) groups excluding carboxylic acids is 1. The monoisotopic (exact) mass is 542 g/mol. The molecule has 0 aliphatic carbocycles. The van der Waals surface area contributed by atoms with E-state index in [-0.39, 0.29) is 36.2 Å². The third kappa shape index (κ3) is 9.28. The number of piperidine rings is 1. The second kappa shape index (κ2) is 15.3. The molecule has 2 saturated heterocycles. The highest BCUT2D eigenvalue weighted by Crippen LogP contribution is 2.36. The molecule has 2 heterocycles. The number of benzene rings is 1. The molecular weight excluding hydrogens is 503 g/mol. The first-order valence-corrected chi connectivity index (χ1v) is 13.6. The van der Waals surface area contributed by atoms with Gasteiger partial charge in [0, 0.05) is 56.9 Å². The Kier molecular flexibility index (Phi) is 12.2. The lowest BCUT2D eigenvalue weighted by atomic mass is 9.88. The van der Waals surface area contributed by atoms with E-state index in [1.165, 1.54) is 6.07 Å². The maximum atomic E-state index is 15.0. The zero-order chi connectivity index (χ0) is 26.6. The fourth-order valence-electron chi connectivity index (χ4n) is 5.27. The second-order valence-electron chi connectivity index (χ2n) is 9.89. The molecule has 0 aromatic heterocycles. The van der Waals surface area contributed by atoms with Crippen molar-refractivity contribution in [3.63, 3.8) is 0 Å². The van der Waals surface area contributed by atoms with Crippen molar-refractivity contribution in [2.45, 2.75) is 50.7 Å². The highest BCUT2D eigenvalue weighted by molar-refractivity contribution is 6.30. The number of hydrogen-bond acceptors (Lipinski definition) is 5. The van der Waals surface area contributed by atoms with E-state index in [0.29, 0.717) is 31.1 Å². The van der Waals surface area contributed by atoms with Crippen molar-refractivity contribution in [3.05, 3.63) is 34.6 Å². The van der Waals surface area contributed by atoms with Crippen LogP contribution >= 0.6 is 11.6 Å². The average molecular weight is 543 g/mol. The van der Waals surface area contributed by atoms with Gasteiger partial charge in [0.05, 0.1) is 17.7 Å². The van der Waals surface area contributed by atoms with Crippen LogP contribution < -0.4 is 16.0 Å². The maximum absolute atomic E-state index is 15.0. The summed E-state index contributed by atoms with van der Waals surface area (Å²) in [5.74, 6) is -0.310. The van der Waals surface area contributed by atoms with Gasteiger partial charge in [0.15, 0.2) is 0 Å². The summed E-state index contributed by atoms with van der Waals surface area (Å²) in [7, 11) is 1.88. The van der Waals surface area contributed by atoms with Crippen LogP contribution in [0.4, 0.5) is 14.0 Å². The zero-order valence-electron chi connectivity index (χ0n) is 21.5. The minimum atomic E-state index is -1.15. The molecular formula is C26H40ClFN4O5. The summed E-state index contributed by atoms with van der Waals surface area (Å²) in [5, 5.41) is 17.5. The highest BCUT2D eigenvalue weighted by atomic mass is 35.5. The first kappa shape index (κ1) is 29.4. The second-order valence-corrected chi connectivity index (χ2v) is 10.3. The highest BCUT2D eigenvalue weighted by Gasteiger charge is 2.33. The van der Waals surface area contributed by atoms with Crippen molar-refractivity contribution in [1.82, 2.24) is 20.9 Å². The largest absolute Gasteiger partial charge is 0.465 e. The predicted octanol–water partition coefficient (Wildman–Crippen LogP) is 4.02. The molecule has 9 nitrogen and oxygen atoms in total. The Labute approximate surface area is 223 Å². The van der Waals surface area contributed by atoms with Crippen LogP contribution in [0.1, 0.15) is 50.2 Å². The van der Waals surface area contributed by atoms with Crippen LogP contribution in [0, 0.1) is 17.7 Å². The molecule has 2 fully saturated rings. The van der Waals surface area contributed by atoms with Gasteiger partial charge in [-0.05, 0) is 51.1 Å². The van der Waals surface area contributed by atoms with Gasteiger partial charge in [0.25, 0.3) is 0 Å². The van der Waals surface area contributed by atoms with Gasteiger partial charge in [-0.2, -0.15) is 0 Å². The first-order chi connectivity index (χ1) is 17.9. The third-order valence-electron chi connectivity index (χ3n) is 7.04. The SMILES string of the molecule is CNC[C@H](C[C@H]1CCCCOC1)NC(=O)N1CCC[C@@H]([C@@H](OCCNC(=O)O)c2cccc(Cl)c2F)C1. The molecule has 2 aliphatic heterocycles. The summed E-state index contributed by atoms with van der Waals surface area (Å²) in [4.78, 5) is 25.9. The van der Waals surface area contributed by atoms with Crippen molar-refractivity contribution < 1.29 is 28.6 Å². The molecule has 3 amide bonds. The number of nitrogens with zero attached hydrogens (tertiary/aromatic N) is 1. The fourth-order valence-corrected chi connectivity index (χ4v) is 5.45.